The van der Waals surface area contributed by atoms with Gasteiger partial charge in [0.15, 0.2) is 0 Å². The normalized spacial score (nSPS) is 22.4. The van der Waals surface area contributed by atoms with Crippen LogP contribution in [0, 0.1) is 6.92 Å². The molecule has 1 amide bonds. The minimum absolute atomic E-state index is 0.121. The predicted octanol–water partition coefficient (Wildman–Crippen LogP) is 1.93. The number of hydrogen-bond acceptors (Lipinski definition) is 3. The van der Waals surface area contributed by atoms with Crippen molar-refractivity contribution in [2.75, 3.05) is 6.54 Å². The van der Waals surface area contributed by atoms with Crippen LogP contribution in [-0.4, -0.2) is 23.0 Å². The summed E-state index contributed by atoms with van der Waals surface area (Å²) < 4.78 is 0. The van der Waals surface area contributed by atoms with Crippen LogP contribution >= 0.6 is 0 Å². The van der Waals surface area contributed by atoms with Gasteiger partial charge in [0.2, 0.25) is 5.91 Å². The Labute approximate surface area is 115 Å². The zero-order chi connectivity index (χ0) is 13.7. The van der Waals surface area contributed by atoms with Crippen LogP contribution in [-0.2, 0) is 11.3 Å². The van der Waals surface area contributed by atoms with E-state index in [1.807, 2.05) is 25.1 Å². The third-order valence-corrected chi connectivity index (χ3v) is 3.73. The smallest absolute Gasteiger partial charge is 0.240 e. The van der Waals surface area contributed by atoms with E-state index in [1.54, 1.807) is 0 Å². The summed E-state index contributed by atoms with van der Waals surface area (Å²) in [5.74, 6) is 0.121. The van der Waals surface area contributed by atoms with Gasteiger partial charge in [-0.1, -0.05) is 19.4 Å². The minimum atomic E-state index is -0.349. The first kappa shape index (κ1) is 14.0. The van der Waals surface area contributed by atoms with Crippen molar-refractivity contribution in [3.63, 3.8) is 0 Å². The van der Waals surface area contributed by atoms with Gasteiger partial charge in [-0.2, -0.15) is 0 Å². The standard InChI is InChI=1S/C15H23N3O/c1-3-8-15(9-5-10-17-15)14(19)16-11-13-7-4-6-12(2)18-13/h4,6-7,17H,3,5,8-11H2,1-2H3,(H,16,19). The summed E-state index contributed by atoms with van der Waals surface area (Å²) >= 11 is 0. The summed E-state index contributed by atoms with van der Waals surface area (Å²) in [6, 6.07) is 5.88. The van der Waals surface area contributed by atoms with E-state index in [0.29, 0.717) is 6.54 Å². The molecule has 19 heavy (non-hydrogen) atoms. The molecule has 0 radical (unpaired) electrons. The molecule has 4 heteroatoms. The molecular formula is C15H23N3O. The van der Waals surface area contributed by atoms with Gasteiger partial charge in [0.1, 0.15) is 0 Å². The molecule has 0 aliphatic carbocycles. The average Bonchev–Trinajstić information content (AvgIpc) is 2.86. The summed E-state index contributed by atoms with van der Waals surface area (Å²) in [5.41, 5.74) is 1.55. The van der Waals surface area contributed by atoms with E-state index in [-0.39, 0.29) is 11.4 Å². The first-order valence-corrected chi connectivity index (χ1v) is 7.12. The Hall–Kier alpha value is -1.42. The number of nitrogens with one attached hydrogen (secondary N) is 2. The fourth-order valence-electron chi connectivity index (χ4n) is 2.79. The van der Waals surface area contributed by atoms with Crippen LogP contribution in [0.4, 0.5) is 0 Å². The first-order valence-electron chi connectivity index (χ1n) is 7.12. The molecule has 4 nitrogen and oxygen atoms in total. The summed E-state index contributed by atoms with van der Waals surface area (Å²) in [7, 11) is 0. The third-order valence-electron chi connectivity index (χ3n) is 3.73. The number of amides is 1. The molecule has 0 saturated carbocycles. The van der Waals surface area contributed by atoms with E-state index in [9.17, 15) is 4.79 Å². The van der Waals surface area contributed by atoms with Crippen molar-refractivity contribution in [1.29, 1.82) is 0 Å². The van der Waals surface area contributed by atoms with Crippen LogP contribution in [0.3, 0.4) is 0 Å². The maximum atomic E-state index is 12.4. The summed E-state index contributed by atoms with van der Waals surface area (Å²) in [5, 5.41) is 6.42. The number of carbonyl (C=O) groups excluding carboxylic acids is 1. The topological polar surface area (TPSA) is 54.0 Å². The largest absolute Gasteiger partial charge is 0.349 e. The van der Waals surface area contributed by atoms with Gasteiger partial charge in [-0.25, -0.2) is 0 Å². The van der Waals surface area contributed by atoms with Crippen molar-refractivity contribution in [3.8, 4) is 0 Å². The Morgan fingerprint density at radius 2 is 2.37 bits per heavy atom. The summed E-state index contributed by atoms with van der Waals surface area (Å²) in [6.45, 7) is 5.53. The van der Waals surface area contributed by atoms with E-state index in [4.69, 9.17) is 0 Å². The molecular weight excluding hydrogens is 238 g/mol. The molecule has 2 N–H and O–H groups in total. The SMILES string of the molecule is CCCC1(C(=O)NCc2cccc(C)n2)CCCN1. The van der Waals surface area contributed by atoms with Gasteiger partial charge >= 0.3 is 0 Å². The number of carbonyl (C=O) groups is 1. The number of aromatic nitrogens is 1. The lowest BCUT2D eigenvalue weighted by atomic mass is 9.91. The monoisotopic (exact) mass is 261 g/mol. The van der Waals surface area contributed by atoms with Crippen LogP contribution < -0.4 is 10.6 Å². The Bertz CT molecular complexity index is 439. The minimum Gasteiger partial charge on any atom is -0.349 e. The Kier molecular flexibility index (Phi) is 4.53. The van der Waals surface area contributed by atoms with E-state index in [1.165, 1.54) is 0 Å². The van der Waals surface area contributed by atoms with Gasteiger partial charge in [0.05, 0.1) is 17.8 Å². The van der Waals surface area contributed by atoms with Crippen molar-refractivity contribution < 1.29 is 4.79 Å². The number of hydrogen-bond donors (Lipinski definition) is 2. The van der Waals surface area contributed by atoms with Gasteiger partial charge < -0.3 is 10.6 Å². The second kappa shape index (κ2) is 6.15. The molecule has 1 fully saturated rings. The van der Waals surface area contributed by atoms with Crippen molar-refractivity contribution >= 4 is 5.91 Å². The molecule has 2 heterocycles. The average molecular weight is 261 g/mol. The second-order valence-electron chi connectivity index (χ2n) is 5.32. The van der Waals surface area contributed by atoms with Crippen LogP contribution in [0.2, 0.25) is 0 Å². The molecule has 1 unspecified atom stereocenters. The Morgan fingerprint density at radius 1 is 1.53 bits per heavy atom. The van der Waals surface area contributed by atoms with Crippen molar-refractivity contribution in [1.82, 2.24) is 15.6 Å². The van der Waals surface area contributed by atoms with Crippen LogP contribution in [0.25, 0.3) is 0 Å². The number of nitrogens with zero attached hydrogens (tertiary/aromatic N) is 1. The van der Waals surface area contributed by atoms with Crippen molar-refractivity contribution in [2.45, 2.75) is 51.6 Å². The lowest BCUT2D eigenvalue weighted by Crippen LogP contribution is -2.53. The molecule has 1 aliphatic heterocycles. The summed E-state index contributed by atoms with van der Waals surface area (Å²) in [6.07, 6.45) is 3.94. The lowest BCUT2D eigenvalue weighted by molar-refractivity contribution is -0.127. The molecule has 0 spiro atoms. The molecule has 104 valence electrons. The first-order chi connectivity index (χ1) is 9.16. The van der Waals surface area contributed by atoms with Crippen LogP contribution in [0.15, 0.2) is 18.2 Å². The van der Waals surface area contributed by atoms with Crippen LogP contribution in [0.5, 0.6) is 0 Å². The molecule has 2 rings (SSSR count). The predicted molar refractivity (Wildman–Crippen MR) is 75.7 cm³/mol. The molecule has 1 atom stereocenters. The number of aryl methyl sites for hydroxylation is 1. The van der Waals surface area contributed by atoms with Gasteiger partial charge in [0.25, 0.3) is 0 Å². The maximum Gasteiger partial charge on any atom is 0.240 e. The lowest BCUT2D eigenvalue weighted by Gasteiger charge is -2.27. The third kappa shape index (κ3) is 3.32. The van der Waals surface area contributed by atoms with Gasteiger partial charge in [0, 0.05) is 5.69 Å². The summed E-state index contributed by atoms with van der Waals surface area (Å²) in [4.78, 5) is 16.8. The van der Waals surface area contributed by atoms with E-state index >= 15 is 0 Å². The zero-order valence-electron chi connectivity index (χ0n) is 11.8. The Balaban J connectivity index is 1.96. The number of pyridine rings is 1. The zero-order valence-corrected chi connectivity index (χ0v) is 11.8. The van der Waals surface area contributed by atoms with Crippen molar-refractivity contribution in [2.24, 2.45) is 0 Å². The fraction of sp³-hybridized carbons (Fsp3) is 0.600. The number of rotatable bonds is 5. The van der Waals surface area contributed by atoms with E-state index in [0.717, 1.165) is 43.6 Å². The highest BCUT2D eigenvalue weighted by Gasteiger charge is 2.39. The second-order valence-corrected chi connectivity index (χ2v) is 5.32. The van der Waals surface area contributed by atoms with Gasteiger partial charge in [-0.3, -0.25) is 9.78 Å². The van der Waals surface area contributed by atoms with Gasteiger partial charge in [-0.05, 0) is 44.9 Å². The highest BCUT2D eigenvalue weighted by atomic mass is 16.2. The molecule has 0 bridgehead atoms. The molecule has 1 saturated heterocycles. The Morgan fingerprint density at radius 3 is 3.00 bits per heavy atom. The fourth-order valence-corrected chi connectivity index (χ4v) is 2.79. The maximum absolute atomic E-state index is 12.4. The highest BCUT2D eigenvalue weighted by molar-refractivity contribution is 5.86. The van der Waals surface area contributed by atoms with Crippen molar-refractivity contribution in [3.05, 3.63) is 29.6 Å². The molecule has 1 aromatic rings. The van der Waals surface area contributed by atoms with Crippen LogP contribution in [0.1, 0.15) is 44.0 Å². The van der Waals surface area contributed by atoms with Gasteiger partial charge in [-0.15, -0.1) is 0 Å². The van der Waals surface area contributed by atoms with E-state index < -0.39 is 0 Å². The quantitative estimate of drug-likeness (QED) is 0.851. The molecule has 0 aromatic carbocycles. The molecule has 1 aromatic heterocycles. The molecule has 1 aliphatic rings. The van der Waals surface area contributed by atoms with E-state index in [2.05, 4.69) is 22.5 Å². The highest BCUT2D eigenvalue weighted by Crippen LogP contribution is 2.24.